The molecular formula is C15H29N3O2. The summed E-state index contributed by atoms with van der Waals surface area (Å²) >= 11 is 0. The van der Waals surface area contributed by atoms with Crippen LogP contribution in [0.4, 0.5) is 0 Å². The smallest absolute Gasteiger partial charge is 0.139 e. The van der Waals surface area contributed by atoms with Gasteiger partial charge in [0.25, 0.3) is 0 Å². The molecular weight excluding hydrogens is 254 g/mol. The van der Waals surface area contributed by atoms with Gasteiger partial charge in [-0.15, -0.1) is 0 Å². The molecule has 0 radical (unpaired) electrons. The lowest BCUT2D eigenvalue weighted by atomic mass is 9.71. The van der Waals surface area contributed by atoms with Crippen LogP contribution < -0.4 is 11.1 Å². The van der Waals surface area contributed by atoms with Gasteiger partial charge in [-0.3, -0.25) is 0 Å². The number of nitrogens with one attached hydrogen (secondary N) is 1. The second-order valence-electron chi connectivity index (χ2n) is 7.76. The lowest BCUT2D eigenvalue weighted by Gasteiger charge is -2.40. The highest BCUT2D eigenvalue weighted by atomic mass is 16.4. The van der Waals surface area contributed by atoms with Crippen molar-refractivity contribution in [3.8, 4) is 0 Å². The highest BCUT2D eigenvalue weighted by Gasteiger charge is 2.44. The number of hydrogen-bond donors (Lipinski definition) is 4. The fourth-order valence-corrected chi connectivity index (χ4v) is 3.14. The summed E-state index contributed by atoms with van der Waals surface area (Å²) < 4.78 is 0. The standard InChI is InChI=1S/C15H29N3O2/c1-13(2)3-7-15(19,8-4-13)11-17-10-14(5-6-14)9-12(16)18-20/h17,19-20H,3-11H2,1-2H3,(H2,16,18). The van der Waals surface area contributed by atoms with Gasteiger partial charge in [-0.05, 0) is 49.4 Å². The first-order valence-corrected chi connectivity index (χ1v) is 7.68. The Morgan fingerprint density at radius 1 is 1.10 bits per heavy atom. The van der Waals surface area contributed by atoms with E-state index in [9.17, 15) is 5.11 Å². The quantitative estimate of drug-likeness (QED) is 0.259. The van der Waals surface area contributed by atoms with Gasteiger partial charge in [0, 0.05) is 19.5 Å². The van der Waals surface area contributed by atoms with Crippen molar-refractivity contribution in [1.82, 2.24) is 5.32 Å². The third-order valence-electron chi connectivity index (χ3n) is 5.13. The molecule has 0 aromatic carbocycles. The number of oxime groups is 1. The summed E-state index contributed by atoms with van der Waals surface area (Å²) in [7, 11) is 0. The largest absolute Gasteiger partial charge is 0.409 e. The first-order chi connectivity index (χ1) is 9.28. The monoisotopic (exact) mass is 283 g/mol. The number of hydrogen-bond acceptors (Lipinski definition) is 4. The molecule has 0 aromatic heterocycles. The zero-order chi connectivity index (χ0) is 14.9. The fraction of sp³-hybridized carbons (Fsp3) is 0.933. The van der Waals surface area contributed by atoms with Crippen LogP contribution in [0.25, 0.3) is 0 Å². The fourth-order valence-electron chi connectivity index (χ4n) is 3.14. The summed E-state index contributed by atoms with van der Waals surface area (Å²) in [5.74, 6) is 0.308. The summed E-state index contributed by atoms with van der Waals surface area (Å²) in [5.41, 5.74) is 5.56. The van der Waals surface area contributed by atoms with Crippen molar-refractivity contribution in [3.05, 3.63) is 0 Å². The number of nitrogens with zero attached hydrogens (tertiary/aromatic N) is 1. The van der Waals surface area contributed by atoms with Crippen molar-refractivity contribution < 1.29 is 10.3 Å². The Kier molecular flexibility index (Phi) is 4.30. The number of aliphatic hydroxyl groups is 1. The van der Waals surface area contributed by atoms with E-state index in [1.807, 2.05) is 0 Å². The van der Waals surface area contributed by atoms with E-state index in [2.05, 4.69) is 24.3 Å². The van der Waals surface area contributed by atoms with Gasteiger partial charge >= 0.3 is 0 Å². The molecule has 0 amide bonds. The van der Waals surface area contributed by atoms with Crippen molar-refractivity contribution in [2.24, 2.45) is 21.7 Å². The molecule has 116 valence electrons. The zero-order valence-corrected chi connectivity index (χ0v) is 12.8. The Hall–Kier alpha value is -0.810. The third kappa shape index (κ3) is 4.09. The van der Waals surface area contributed by atoms with Gasteiger partial charge in [-0.1, -0.05) is 19.0 Å². The van der Waals surface area contributed by atoms with Crippen LogP contribution in [0.5, 0.6) is 0 Å². The highest BCUT2D eigenvalue weighted by Crippen LogP contribution is 2.48. The van der Waals surface area contributed by atoms with Crippen LogP contribution in [-0.2, 0) is 0 Å². The van der Waals surface area contributed by atoms with Gasteiger partial charge in [0.05, 0.1) is 5.60 Å². The molecule has 2 saturated carbocycles. The second kappa shape index (κ2) is 5.53. The zero-order valence-electron chi connectivity index (χ0n) is 12.8. The Morgan fingerprint density at radius 3 is 2.20 bits per heavy atom. The molecule has 0 aromatic rings. The van der Waals surface area contributed by atoms with E-state index >= 15 is 0 Å². The van der Waals surface area contributed by atoms with Crippen LogP contribution in [0.1, 0.15) is 58.8 Å². The van der Waals surface area contributed by atoms with Crippen LogP contribution in [0.2, 0.25) is 0 Å². The second-order valence-corrected chi connectivity index (χ2v) is 7.76. The molecule has 0 spiro atoms. The molecule has 5 nitrogen and oxygen atoms in total. The van der Waals surface area contributed by atoms with E-state index in [0.29, 0.717) is 24.2 Å². The van der Waals surface area contributed by atoms with Crippen molar-refractivity contribution in [2.75, 3.05) is 13.1 Å². The van der Waals surface area contributed by atoms with Crippen LogP contribution in [0.15, 0.2) is 5.16 Å². The minimum absolute atomic E-state index is 0.153. The predicted octanol–water partition coefficient (Wildman–Crippen LogP) is 1.82. The first-order valence-electron chi connectivity index (χ1n) is 7.68. The van der Waals surface area contributed by atoms with Crippen LogP contribution in [0, 0.1) is 10.8 Å². The Balaban J connectivity index is 1.73. The van der Waals surface area contributed by atoms with E-state index in [1.165, 1.54) is 0 Å². The summed E-state index contributed by atoms with van der Waals surface area (Å²) in [6.07, 6.45) is 6.78. The van der Waals surface area contributed by atoms with Crippen LogP contribution in [-0.4, -0.2) is 34.8 Å². The summed E-state index contributed by atoms with van der Waals surface area (Å²) in [6.45, 7) is 6.04. The summed E-state index contributed by atoms with van der Waals surface area (Å²) in [6, 6.07) is 0. The van der Waals surface area contributed by atoms with E-state index in [-0.39, 0.29) is 5.41 Å². The number of rotatable bonds is 6. The van der Waals surface area contributed by atoms with Crippen LogP contribution >= 0.6 is 0 Å². The molecule has 0 saturated heterocycles. The molecule has 5 N–H and O–H groups in total. The van der Waals surface area contributed by atoms with Gasteiger partial charge in [0.2, 0.25) is 0 Å². The van der Waals surface area contributed by atoms with Crippen molar-refractivity contribution >= 4 is 5.84 Å². The Morgan fingerprint density at radius 2 is 1.70 bits per heavy atom. The minimum Gasteiger partial charge on any atom is -0.409 e. The molecule has 5 heteroatoms. The molecule has 2 aliphatic carbocycles. The Labute approximate surface area is 121 Å². The lowest BCUT2D eigenvalue weighted by Crippen LogP contribution is -2.46. The molecule has 2 fully saturated rings. The topological polar surface area (TPSA) is 90.9 Å². The minimum atomic E-state index is -0.553. The SMILES string of the molecule is CC1(C)CCC(O)(CNCC2(CC(N)=NO)CC2)CC1. The molecule has 0 unspecified atom stereocenters. The summed E-state index contributed by atoms with van der Waals surface area (Å²) in [5, 5.41) is 25.7. The lowest BCUT2D eigenvalue weighted by molar-refractivity contribution is -0.0248. The van der Waals surface area contributed by atoms with Crippen molar-refractivity contribution in [1.29, 1.82) is 0 Å². The van der Waals surface area contributed by atoms with Crippen LogP contribution in [0.3, 0.4) is 0 Å². The first kappa shape index (κ1) is 15.6. The molecule has 0 atom stereocenters. The molecule has 2 rings (SSSR count). The molecule has 0 heterocycles. The molecule has 2 aliphatic rings. The van der Waals surface area contributed by atoms with E-state index in [0.717, 1.165) is 45.1 Å². The maximum absolute atomic E-state index is 10.6. The van der Waals surface area contributed by atoms with Gasteiger partial charge in [-0.25, -0.2) is 0 Å². The molecule has 20 heavy (non-hydrogen) atoms. The van der Waals surface area contributed by atoms with Gasteiger partial charge in [-0.2, -0.15) is 0 Å². The van der Waals surface area contributed by atoms with E-state index < -0.39 is 5.60 Å². The Bertz CT molecular complexity index is 365. The third-order valence-corrected chi connectivity index (χ3v) is 5.13. The molecule has 0 aliphatic heterocycles. The highest BCUT2D eigenvalue weighted by molar-refractivity contribution is 5.80. The van der Waals surface area contributed by atoms with Gasteiger partial charge in [0.15, 0.2) is 0 Å². The van der Waals surface area contributed by atoms with Crippen molar-refractivity contribution in [3.63, 3.8) is 0 Å². The maximum Gasteiger partial charge on any atom is 0.139 e. The number of nitrogens with two attached hydrogens (primary N) is 1. The summed E-state index contributed by atoms with van der Waals surface area (Å²) in [4.78, 5) is 0. The van der Waals surface area contributed by atoms with Gasteiger partial charge in [0.1, 0.15) is 5.84 Å². The predicted molar refractivity (Wildman–Crippen MR) is 79.8 cm³/mol. The van der Waals surface area contributed by atoms with Crippen molar-refractivity contribution in [2.45, 2.75) is 64.4 Å². The maximum atomic E-state index is 10.6. The van der Waals surface area contributed by atoms with E-state index in [1.54, 1.807) is 0 Å². The average Bonchev–Trinajstić information content (AvgIpc) is 3.13. The molecule has 0 bridgehead atoms. The number of amidine groups is 1. The normalized spacial score (nSPS) is 27.2. The van der Waals surface area contributed by atoms with E-state index in [4.69, 9.17) is 10.9 Å². The van der Waals surface area contributed by atoms with Gasteiger partial charge < -0.3 is 21.4 Å². The average molecular weight is 283 g/mol.